The van der Waals surface area contributed by atoms with Gasteiger partial charge in [-0.25, -0.2) is 5.43 Å². The van der Waals surface area contributed by atoms with Gasteiger partial charge in [0.1, 0.15) is 0 Å². The molecule has 0 spiro atoms. The average Bonchev–Trinajstić information content (AvgIpc) is 2.57. The van der Waals surface area contributed by atoms with E-state index in [0.717, 1.165) is 10.2 Å². The number of nitrogens with zero attached hydrogens (tertiary/aromatic N) is 1. The number of benzene rings is 2. The van der Waals surface area contributed by atoms with Crippen LogP contribution in [0.2, 0.25) is 0 Å². The van der Waals surface area contributed by atoms with Gasteiger partial charge < -0.3 is 15.2 Å². The molecule has 0 fully saturated rings. The van der Waals surface area contributed by atoms with Gasteiger partial charge in [0.15, 0.2) is 11.5 Å². The van der Waals surface area contributed by atoms with Gasteiger partial charge in [0, 0.05) is 10.2 Å². The van der Waals surface area contributed by atoms with Gasteiger partial charge in [-0.15, -0.1) is 0 Å². The Morgan fingerprint density at radius 3 is 2.71 bits per heavy atom. The van der Waals surface area contributed by atoms with Crippen molar-refractivity contribution in [3.8, 4) is 11.5 Å². The van der Waals surface area contributed by atoms with Crippen LogP contribution in [-0.2, 0) is 4.79 Å². The van der Waals surface area contributed by atoms with E-state index >= 15 is 0 Å². The molecule has 0 atom stereocenters. The predicted octanol–water partition coefficient (Wildman–Crippen LogP) is 3.12. The molecular weight excluding hydrogens is 374 g/mol. The van der Waals surface area contributed by atoms with Gasteiger partial charge in [0.25, 0.3) is 5.91 Å². The lowest BCUT2D eigenvalue weighted by Crippen LogP contribution is -2.25. The van der Waals surface area contributed by atoms with Crippen molar-refractivity contribution >= 4 is 33.7 Å². The molecule has 2 rings (SSSR count). The summed E-state index contributed by atoms with van der Waals surface area (Å²) in [6.45, 7) is 2.42. The topological polar surface area (TPSA) is 83.0 Å². The molecule has 0 bridgehead atoms. The van der Waals surface area contributed by atoms with E-state index in [9.17, 15) is 9.90 Å². The molecule has 1 amide bonds. The molecule has 2 aromatic rings. The van der Waals surface area contributed by atoms with Crippen LogP contribution in [0.25, 0.3) is 0 Å². The van der Waals surface area contributed by atoms with Gasteiger partial charge in [-0.3, -0.25) is 4.79 Å². The number of aromatic hydroxyl groups is 1. The number of amides is 1. The molecular formula is C17H18BrN3O3. The largest absolute Gasteiger partial charge is 0.504 e. The second-order valence-corrected chi connectivity index (χ2v) is 5.73. The fourth-order valence-electron chi connectivity index (χ4n) is 1.86. The standard InChI is InChI=1S/C17H18BrN3O3/c1-2-24-16-8-3-12(9-15(16)22)10-20-21-17(23)11-19-14-6-4-13(18)5-7-14/h3-10,19,22H,2,11H2,1H3,(H,21,23)/b20-10+. The molecule has 7 heteroatoms. The van der Waals surface area contributed by atoms with Crippen LogP contribution in [0.3, 0.4) is 0 Å². The van der Waals surface area contributed by atoms with Gasteiger partial charge >= 0.3 is 0 Å². The van der Waals surface area contributed by atoms with E-state index in [1.807, 2.05) is 31.2 Å². The maximum Gasteiger partial charge on any atom is 0.259 e. The van der Waals surface area contributed by atoms with Crippen molar-refractivity contribution in [1.29, 1.82) is 0 Å². The third-order valence-electron chi connectivity index (χ3n) is 2.98. The molecule has 24 heavy (non-hydrogen) atoms. The Labute approximate surface area is 148 Å². The minimum absolute atomic E-state index is 0.0315. The Bertz CT molecular complexity index is 718. The average molecular weight is 392 g/mol. The minimum atomic E-state index is -0.274. The number of hydrogen-bond donors (Lipinski definition) is 3. The SMILES string of the molecule is CCOc1ccc(/C=N/NC(=O)CNc2ccc(Br)cc2)cc1O. The molecule has 6 nitrogen and oxygen atoms in total. The van der Waals surface area contributed by atoms with Gasteiger partial charge in [-0.1, -0.05) is 15.9 Å². The second kappa shape index (κ2) is 8.93. The molecule has 0 radical (unpaired) electrons. The molecule has 3 N–H and O–H groups in total. The Hall–Kier alpha value is -2.54. The minimum Gasteiger partial charge on any atom is -0.504 e. The number of ether oxygens (including phenoxy) is 1. The number of phenolic OH excluding ortho intramolecular Hbond substituents is 1. The van der Waals surface area contributed by atoms with Crippen LogP contribution in [0.1, 0.15) is 12.5 Å². The number of carbonyl (C=O) groups excluding carboxylic acids is 1. The van der Waals surface area contributed by atoms with Gasteiger partial charge in [0.05, 0.1) is 19.4 Å². The van der Waals surface area contributed by atoms with Crippen molar-refractivity contribution in [2.75, 3.05) is 18.5 Å². The zero-order valence-electron chi connectivity index (χ0n) is 13.1. The summed E-state index contributed by atoms with van der Waals surface area (Å²) in [6.07, 6.45) is 1.45. The second-order valence-electron chi connectivity index (χ2n) is 4.81. The molecule has 126 valence electrons. The summed E-state index contributed by atoms with van der Waals surface area (Å²) < 4.78 is 6.21. The zero-order valence-corrected chi connectivity index (χ0v) is 14.7. The summed E-state index contributed by atoms with van der Waals surface area (Å²) in [4.78, 5) is 11.7. The van der Waals surface area contributed by atoms with E-state index in [2.05, 4.69) is 31.8 Å². The Morgan fingerprint density at radius 1 is 1.29 bits per heavy atom. The van der Waals surface area contributed by atoms with Crippen molar-refractivity contribution < 1.29 is 14.6 Å². The van der Waals surface area contributed by atoms with Gasteiger partial charge in [0.2, 0.25) is 0 Å². The van der Waals surface area contributed by atoms with Crippen LogP contribution in [0, 0.1) is 0 Å². The lowest BCUT2D eigenvalue weighted by Gasteiger charge is -2.06. The molecule has 0 aliphatic rings. The van der Waals surface area contributed by atoms with Crippen LogP contribution in [0.15, 0.2) is 52.0 Å². The summed E-state index contributed by atoms with van der Waals surface area (Å²) in [6, 6.07) is 12.4. The smallest absolute Gasteiger partial charge is 0.259 e. The highest BCUT2D eigenvalue weighted by molar-refractivity contribution is 9.10. The number of hydrazone groups is 1. The number of hydrogen-bond acceptors (Lipinski definition) is 5. The number of anilines is 1. The van der Waals surface area contributed by atoms with Crippen LogP contribution in [0.5, 0.6) is 11.5 Å². The first-order valence-corrected chi connectivity index (χ1v) is 8.15. The van der Waals surface area contributed by atoms with Crippen molar-refractivity contribution in [3.05, 3.63) is 52.5 Å². The summed E-state index contributed by atoms with van der Waals surface area (Å²) in [5.41, 5.74) is 3.91. The lowest BCUT2D eigenvalue weighted by atomic mass is 10.2. The van der Waals surface area contributed by atoms with Crippen LogP contribution in [-0.4, -0.2) is 30.4 Å². The number of rotatable bonds is 7. The van der Waals surface area contributed by atoms with Gasteiger partial charge in [-0.05, 0) is 55.0 Å². The molecule has 0 heterocycles. The molecule has 0 saturated carbocycles. The number of phenols is 1. The van der Waals surface area contributed by atoms with Crippen molar-refractivity contribution in [1.82, 2.24) is 5.43 Å². The molecule has 0 aromatic heterocycles. The van der Waals surface area contributed by atoms with E-state index in [1.165, 1.54) is 12.3 Å². The van der Waals surface area contributed by atoms with Crippen LogP contribution in [0.4, 0.5) is 5.69 Å². The lowest BCUT2D eigenvalue weighted by molar-refractivity contribution is -0.119. The Kier molecular flexibility index (Phi) is 6.62. The summed E-state index contributed by atoms with van der Waals surface area (Å²) in [7, 11) is 0. The van der Waals surface area contributed by atoms with Gasteiger partial charge in [-0.2, -0.15) is 5.10 Å². The van der Waals surface area contributed by atoms with E-state index in [4.69, 9.17) is 4.74 Å². The van der Waals surface area contributed by atoms with Crippen LogP contribution >= 0.6 is 15.9 Å². The van der Waals surface area contributed by atoms with E-state index < -0.39 is 0 Å². The Morgan fingerprint density at radius 2 is 2.04 bits per heavy atom. The summed E-state index contributed by atoms with van der Waals surface area (Å²) in [5.74, 6) is 0.172. The zero-order chi connectivity index (χ0) is 17.4. The third kappa shape index (κ3) is 5.58. The molecule has 0 aliphatic carbocycles. The molecule has 2 aromatic carbocycles. The Balaban J connectivity index is 1.81. The van der Waals surface area contributed by atoms with E-state index in [1.54, 1.807) is 12.1 Å². The van der Waals surface area contributed by atoms with E-state index in [-0.39, 0.29) is 18.2 Å². The normalized spacial score (nSPS) is 10.6. The maximum absolute atomic E-state index is 11.7. The first-order valence-electron chi connectivity index (χ1n) is 7.35. The number of halogens is 1. The van der Waals surface area contributed by atoms with E-state index in [0.29, 0.717) is 17.9 Å². The fraction of sp³-hybridized carbons (Fsp3) is 0.176. The highest BCUT2D eigenvalue weighted by Gasteiger charge is 2.02. The number of carbonyl (C=O) groups is 1. The van der Waals surface area contributed by atoms with Crippen molar-refractivity contribution in [2.45, 2.75) is 6.92 Å². The summed E-state index contributed by atoms with van der Waals surface area (Å²) >= 11 is 3.35. The maximum atomic E-state index is 11.7. The number of nitrogens with one attached hydrogen (secondary N) is 2. The first kappa shape index (κ1) is 17.8. The third-order valence-corrected chi connectivity index (χ3v) is 3.51. The predicted molar refractivity (Wildman–Crippen MR) is 97.6 cm³/mol. The van der Waals surface area contributed by atoms with Crippen molar-refractivity contribution in [2.24, 2.45) is 5.10 Å². The fourth-order valence-corrected chi connectivity index (χ4v) is 2.13. The highest BCUT2D eigenvalue weighted by Crippen LogP contribution is 2.26. The molecule has 0 saturated heterocycles. The summed E-state index contributed by atoms with van der Waals surface area (Å²) in [5, 5.41) is 16.6. The highest BCUT2D eigenvalue weighted by atomic mass is 79.9. The van der Waals surface area contributed by atoms with Crippen LogP contribution < -0.4 is 15.5 Å². The monoisotopic (exact) mass is 391 g/mol. The first-order chi connectivity index (χ1) is 11.6. The van der Waals surface area contributed by atoms with Crippen molar-refractivity contribution in [3.63, 3.8) is 0 Å². The molecule has 0 aliphatic heterocycles. The quantitative estimate of drug-likeness (QED) is 0.500. The molecule has 0 unspecified atom stereocenters.